The van der Waals surface area contributed by atoms with E-state index in [0.29, 0.717) is 6.54 Å². The lowest BCUT2D eigenvalue weighted by Gasteiger charge is -2.15. The minimum absolute atomic E-state index is 0. The van der Waals surface area contributed by atoms with Crippen LogP contribution in [0.2, 0.25) is 0 Å². The summed E-state index contributed by atoms with van der Waals surface area (Å²) in [5.74, 6) is -0.540. The fourth-order valence-electron chi connectivity index (χ4n) is 2.39. The lowest BCUT2D eigenvalue weighted by molar-refractivity contribution is -0.385. The van der Waals surface area contributed by atoms with Crippen molar-refractivity contribution in [2.24, 2.45) is 5.73 Å². The summed E-state index contributed by atoms with van der Waals surface area (Å²) >= 11 is 0. The van der Waals surface area contributed by atoms with Gasteiger partial charge in [0.25, 0.3) is 0 Å². The molecule has 8 nitrogen and oxygen atoms in total. The summed E-state index contributed by atoms with van der Waals surface area (Å²) in [4.78, 5) is 23.8. The molecule has 1 fully saturated rings. The Morgan fingerprint density at radius 2 is 2.26 bits per heavy atom. The first kappa shape index (κ1) is 19.1. The van der Waals surface area contributed by atoms with E-state index in [0.717, 1.165) is 25.1 Å². The zero-order valence-corrected chi connectivity index (χ0v) is 13.6. The third kappa shape index (κ3) is 5.34. The normalized spacial score (nSPS) is 17.4. The van der Waals surface area contributed by atoms with Crippen molar-refractivity contribution in [3.63, 3.8) is 0 Å². The number of esters is 1. The fraction of sp³-hybridized carbons (Fsp3) is 0.500. The van der Waals surface area contributed by atoms with E-state index >= 15 is 0 Å². The Balaban J connectivity index is 0.00000264. The number of nitrogens with zero attached hydrogens (tertiary/aromatic N) is 2. The van der Waals surface area contributed by atoms with Gasteiger partial charge in [-0.1, -0.05) is 6.07 Å². The Labute approximate surface area is 140 Å². The number of benzene rings is 1. The van der Waals surface area contributed by atoms with Crippen molar-refractivity contribution in [1.29, 1.82) is 0 Å². The molecule has 0 amide bonds. The van der Waals surface area contributed by atoms with E-state index in [1.165, 1.54) is 19.2 Å². The molecule has 23 heavy (non-hydrogen) atoms. The number of rotatable bonds is 6. The number of ether oxygens (including phenoxy) is 2. The second-order valence-corrected chi connectivity index (χ2v) is 5.21. The molecule has 0 saturated carbocycles. The van der Waals surface area contributed by atoms with Crippen LogP contribution in [-0.2, 0) is 16.1 Å². The predicted octanol–water partition coefficient (Wildman–Crippen LogP) is 1.10. The molecule has 0 radical (unpaired) electrons. The summed E-state index contributed by atoms with van der Waals surface area (Å²) in [6.45, 7) is 1.91. The van der Waals surface area contributed by atoms with Crippen LogP contribution >= 0.6 is 12.4 Å². The van der Waals surface area contributed by atoms with Crippen molar-refractivity contribution < 1.29 is 19.2 Å². The summed E-state index contributed by atoms with van der Waals surface area (Å²) in [5.41, 5.74) is 6.50. The first-order valence-corrected chi connectivity index (χ1v) is 6.94. The molecule has 1 aliphatic heterocycles. The highest BCUT2D eigenvalue weighted by Crippen LogP contribution is 2.29. The van der Waals surface area contributed by atoms with Crippen molar-refractivity contribution in [1.82, 2.24) is 4.90 Å². The van der Waals surface area contributed by atoms with E-state index in [9.17, 15) is 14.9 Å². The van der Waals surface area contributed by atoms with Crippen LogP contribution in [0.5, 0.6) is 5.75 Å². The summed E-state index contributed by atoms with van der Waals surface area (Å²) in [6, 6.07) is 4.89. The summed E-state index contributed by atoms with van der Waals surface area (Å²) in [6.07, 6.45) is 0.933. The third-order valence-electron chi connectivity index (χ3n) is 3.51. The largest absolute Gasteiger partial charge is 0.475 e. The maximum atomic E-state index is 11.2. The van der Waals surface area contributed by atoms with Crippen LogP contribution in [0.3, 0.4) is 0 Å². The Bertz CT molecular complexity index is 569. The van der Waals surface area contributed by atoms with Crippen LogP contribution in [-0.4, -0.2) is 48.6 Å². The number of carbonyl (C=O) groups excluding carboxylic acids is 1. The van der Waals surface area contributed by atoms with Crippen molar-refractivity contribution in [2.75, 3.05) is 26.8 Å². The van der Waals surface area contributed by atoms with E-state index in [1.54, 1.807) is 6.07 Å². The van der Waals surface area contributed by atoms with Gasteiger partial charge in [0.05, 0.1) is 12.0 Å². The summed E-state index contributed by atoms with van der Waals surface area (Å²) < 4.78 is 9.59. The van der Waals surface area contributed by atoms with Gasteiger partial charge in [-0.15, -0.1) is 12.4 Å². The van der Waals surface area contributed by atoms with Gasteiger partial charge in [-0.25, -0.2) is 4.79 Å². The molecule has 1 aromatic rings. The molecular weight excluding hydrogens is 326 g/mol. The van der Waals surface area contributed by atoms with Crippen LogP contribution in [0.4, 0.5) is 5.69 Å². The number of nitro groups is 1. The molecule has 2 N–H and O–H groups in total. The van der Waals surface area contributed by atoms with E-state index in [1.807, 2.05) is 0 Å². The van der Waals surface area contributed by atoms with Gasteiger partial charge in [0.1, 0.15) is 0 Å². The van der Waals surface area contributed by atoms with Gasteiger partial charge < -0.3 is 15.2 Å². The quantitative estimate of drug-likeness (QED) is 0.467. The molecule has 1 heterocycles. The Hall–Kier alpha value is -1.90. The number of hydrogen-bond acceptors (Lipinski definition) is 7. The Morgan fingerprint density at radius 3 is 2.83 bits per heavy atom. The fourth-order valence-corrected chi connectivity index (χ4v) is 2.39. The number of likely N-dealkylation sites (tertiary alicyclic amines) is 1. The molecule has 1 aliphatic rings. The van der Waals surface area contributed by atoms with E-state index in [2.05, 4.69) is 9.64 Å². The van der Waals surface area contributed by atoms with Crippen LogP contribution in [0.15, 0.2) is 18.2 Å². The van der Waals surface area contributed by atoms with Crippen LogP contribution in [0, 0.1) is 10.1 Å². The average molecular weight is 346 g/mol. The molecule has 0 spiro atoms. The monoisotopic (exact) mass is 345 g/mol. The molecule has 1 unspecified atom stereocenters. The smallest absolute Gasteiger partial charge is 0.343 e. The van der Waals surface area contributed by atoms with Gasteiger partial charge in [-0.2, -0.15) is 0 Å². The van der Waals surface area contributed by atoms with Crippen LogP contribution in [0.25, 0.3) is 0 Å². The van der Waals surface area contributed by atoms with Crippen molar-refractivity contribution in [2.45, 2.75) is 19.0 Å². The number of methoxy groups -OCH3 is 1. The van der Waals surface area contributed by atoms with Crippen molar-refractivity contribution >= 4 is 24.1 Å². The molecule has 128 valence electrons. The third-order valence-corrected chi connectivity index (χ3v) is 3.51. The average Bonchev–Trinajstić information content (AvgIpc) is 2.90. The highest BCUT2D eigenvalue weighted by atomic mass is 35.5. The minimum Gasteiger partial charge on any atom is -0.475 e. The Morgan fingerprint density at radius 1 is 1.52 bits per heavy atom. The maximum Gasteiger partial charge on any atom is 0.343 e. The van der Waals surface area contributed by atoms with Crippen LogP contribution in [0.1, 0.15) is 12.0 Å². The van der Waals surface area contributed by atoms with Gasteiger partial charge in [0, 0.05) is 31.7 Å². The molecule has 2 rings (SSSR count). The second-order valence-electron chi connectivity index (χ2n) is 5.21. The molecule has 1 aromatic carbocycles. The standard InChI is InChI=1S/C14H19N3O5.ClH/c1-21-14(18)9-22-13-3-2-10(6-12(13)17(19)20)7-16-5-4-11(15)8-16;/h2-3,6,11H,4-5,7-9,15H2,1H3;1H. The lowest BCUT2D eigenvalue weighted by atomic mass is 10.1. The number of nitrogens with two attached hydrogens (primary N) is 1. The molecule has 0 aromatic heterocycles. The number of nitro benzene ring substituents is 1. The van der Waals surface area contributed by atoms with Gasteiger partial charge in [-0.05, 0) is 18.1 Å². The molecule has 1 atom stereocenters. The zero-order valence-electron chi connectivity index (χ0n) is 12.8. The van der Waals surface area contributed by atoms with Crippen LogP contribution < -0.4 is 10.5 Å². The molecule has 1 saturated heterocycles. The number of hydrogen-bond donors (Lipinski definition) is 1. The topological polar surface area (TPSA) is 108 Å². The van der Waals surface area contributed by atoms with Gasteiger partial charge in [-0.3, -0.25) is 15.0 Å². The highest BCUT2D eigenvalue weighted by Gasteiger charge is 2.21. The van der Waals surface area contributed by atoms with Gasteiger partial charge in [0.15, 0.2) is 12.4 Å². The first-order chi connectivity index (χ1) is 10.5. The number of carbonyl (C=O) groups is 1. The second kappa shape index (κ2) is 8.66. The Kier molecular flexibility index (Phi) is 7.21. The van der Waals surface area contributed by atoms with E-state index in [-0.39, 0.29) is 36.5 Å². The maximum absolute atomic E-state index is 11.2. The molecule has 0 bridgehead atoms. The summed E-state index contributed by atoms with van der Waals surface area (Å²) in [5, 5.41) is 11.2. The zero-order chi connectivity index (χ0) is 16.1. The van der Waals surface area contributed by atoms with E-state index < -0.39 is 10.9 Å². The van der Waals surface area contributed by atoms with E-state index in [4.69, 9.17) is 10.5 Å². The van der Waals surface area contributed by atoms with Gasteiger partial charge >= 0.3 is 11.7 Å². The minimum atomic E-state index is -0.593. The van der Waals surface area contributed by atoms with Crippen molar-refractivity contribution in [3.8, 4) is 5.75 Å². The SMILES string of the molecule is COC(=O)COc1ccc(CN2CCC(N)C2)cc1[N+](=O)[O-].Cl. The highest BCUT2D eigenvalue weighted by molar-refractivity contribution is 5.85. The first-order valence-electron chi connectivity index (χ1n) is 6.94. The van der Waals surface area contributed by atoms with Gasteiger partial charge in [0.2, 0.25) is 0 Å². The summed E-state index contributed by atoms with van der Waals surface area (Å²) in [7, 11) is 1.23. The predicted molar refractivity (Wildman–Crippen MR) is 85.7 cm³/mol. The molecule has 0 aliphatic carbocycles. The number of halogens is 1. The van der Waals surface area contributed by atoms with Crippen molar-refractivity contribution in [3.05, 3.63) is 33.9 Å². The lowest BCUT2D eigenvalue weighted by Crippen LogP contribution is -2.26. The molecular formula is C14H20ClN3O5. The molecule has 9 heteroatoms.